The highest BCUT2D eigenvalue weighted by Crippen LogP contribution is 2.47. The normalized spacial score (nSPS) is 25.5. The Hall–Kier alpha value is -2.02. The summed E-state index contributed by atoms with van der Waals surface area (Å²) in [5.41, 5.74) is 1.75. The van der Waals surface area contributed by atoms with Crippen LogP contribution < -0.4 is 5.32 Å². The third kappa shape index (κ3) is 3.26. The van der Waals surface area contributed by atoms with E-state index in [1.165, 1.54) is 0 Å². The molecule has 2 fully saturated rings. The van der Waals surface area contributed by atoms with Gasteiger partial charge in [-0.05, 0) is 32.4 Å². The Labute approximate surface area is 144 Å². The summed E-state index contributed by atoms with van der Waals surface area (Å²) < 4.78 is 5.13. The molecule has 0 bridgehead atoms. The molecule has 0 saturated carbocycles. The molecule has 2 saturated heterocycles. The lowest BCUT2D eigenvalue weighted by Gasteiger charge is -2.29. The predicted octanol–water partition coefficient (Wildman–Crippen LogP) is 1.93. The molecule has 7 heteroatoms. The maximum absolute atomic E-state index is 12.3. The highest BCUT2D eigenvalue weighted by atomic mass is 32.2. The largest absolute Gasteiger partial charge is 0.454 e. The molecular formula is C17H20N2O4S. The molecule has 0 unspecified atom stereocenters. The Morgan fingerprint density at radius 1 is 1.38 bits per heavy atom. The molecule has 2 atom stereocenters. The molecule has 2 amide bonds. The van der Waals surface area contributed by atoms with Gasteiger partial charge in [-0.15, -0.1) is 11.8 Å². The van der Waals surface area contributed by atoms with E-state index >= 15 is 0 Å². The third-order valence-corrected chi connectivity index (χ3v) is 5.90. The minimum Gasteiger partial charge on any atom is -0.454 e. The van der Waals surface area contributed by atoms with E-state index in [9.17, 15) is 14.4 Å². The van der Waals surface area contributed by atoms with Gasteiger partial charge in [-0.1, -0.05) is 17.7 Å². The summed E-state index contributed by atoms with van der Waals surface area (Å²) in [4.78, 5) is 37.5. The van der Waals surface area contributed by atoms with Crippen molar-refractivity contribution in [2.45, 2.75) is 37.6 Å². The second kappa shape index (κ2) is 6.47. The van der Waals surface area contributed by atoms with Gasteiger partial charge in [0.15, 0.2) is 6.61 Å². The molecule has 1 aromatic carbocycles. The Morgan fingerprint density at radius 2 is 2.08 bits per heavy atom. The van der Waals surface area contributed by atoms with Crippen molar-refractivity contribution in [2.24, 2.45) is 0 Å². The summed E-state index contributed by atoms with van der Waals surface area (Å²) in [6, 6.07) is 6.75. The smallest absolute Gasteiger partial charge is 0.330 e. The number of anilines is 1. The van der Waals surface area contributed by atoms with Gasteiger partial charge in [-0.2, -0.15) is 0 Å². The van der Waals surface area contributed by atoms with Gasteiger partial charge in [0, 0.05) is 17.9 Å². The summed E-state index contributed by atoms with van der Waals surface area (Å²) in [6.45, 7) is 3.58. The molecule has 1 N–H and O–H groups in total. The summed E-state index contributed by atoms with van der Waals surface area (Å²) in [7, 11) is 0. The van der Waals surface area contributed by atoms with Gasteiger partial charge in [0.1, 0.15) is 6.04 Å². The van der Waals surface area contributed by atoms with E-state index < -0.39 is 17.9 Å². The number of fused-ring (bicyclic) bond motifs is 1. The van der Waals surface area contributed by atoms with Crippen molar-refractivity contribution in [3.8, 4) is 0 Å². The number of amides is 2. The number of benzene rings is 1. The van der Waals surface area contributed by atoms with Crippen molar-refractivity contribution in [3.63, 3.8) is 0 Å². The fourth-order valence-corrected chi connectivity index (χ4v) is 4.48. The molecule has 2 aliphatic rings. The van der Waals surface area contributed by atoms with Crippen LogP contribution in [0.25, 0.3) is 0 Å². The monoisotopic (exact) mass is 348 g/mol. The number of rotatable bonds is 4. The van der Waals surface area contributed by atoms with Gasteiger partial charge >= 0.3 is 5.97 Å². The molecule has 0 aliphatic carbocycles. The lowest BCUT2D eigenvalue weighted by atomic mass is 10.2. The summed E-state index contributed by atoms with van der Waals surface area (Å²) in [5.74, 6) is -0.414. The van der Waals surface area contributed by atoms with Gasteiger partial charge in [0.2, 0.25) is 5.91 Å². The molecule has 1 aromatic rings. The van der Waals surface area contributed by atoms with E-state index in [-0.39, 0.29) is 17.4 Å². The molecule has 2 aliphatic heterocycles. The van der Waals surface area contributed by atoms with Crippen molar-refractivity contribution in [1.29, 1.82) is 0 Å². The first kappa shape index (κ1) is 16.8. The summed E-state index contributed by atoms with van der Waals surface area (Å²) >= 11 is 1.60. The van der Waals surface area contributed by atoms with Crippen LogP contribution in [0.4, 0.5) is 5.69 Å². The number of carbonyl (C=O) groups excluding carboxylic acids is 3. The first-order valence-electron chi connectivity index (χ1n) is 7.88. The van der Waals surface area contributed by atoms with Crippen LogP contribution in [0.5, 0.6) is 0 Å². The molecule has 3 rings (SSSR count). The Bertz CT molecular complexity index is 676. The SMILES string of the molecule is Cc1ccc(NC(=O)COC(=O)[C@H]2CS[C@]3(C)CCC(=O)N23)cc1. The van der Waals surface area contributed by atoms with Crippen LogP contribution >= 0.6 is 11.8 Å². The highest BCUT2D eigenvalue weighted by Gasteiger charge is 2.53. The van der Waals surface area contributed by atoms with E-state index in [2.05, 4.69) is 5.32 Å². The lowest BCUT2D eigenvalue weighted by Crippen LogP contribution is -2.47. The summed E-state index contributed by atoms with van der Waals surface area (Å²) in [6.07, 6.45) is 1.20. The summed E-state index contributed by atoms with van der Waals surface area (Å²) in [5, 5.41) is 2.68. The van der Waals surface area contributed by atoms with E-state index in [1.807, 2.05) is 26.0 Å². The van der Waals surface area contributed by atoms with Crippen LogP contribution in [0.3, 0.4) is 0 Å². The minimum atomic E-state index is -0.595. The van der Waals surface area contributed by atoms with E-state index in [1.54, 1.807) is 28.8 Å². The number of thioether (sulfide) groups is 1. The molecule has 0 aromatic heterocycles. The number of carbonyl (C=O) groups is 3. The van der Waals surface area contributed by atoms with Crippen LogP contribution in [-0.4, -0.2) is 46.0 Å². The quantitative estimate of drug-likeness (QED) is 0.842. The molecule has 6 nitrogen and oxygen atoms in total. The zero-order valence-electron chi connectivity index (χ0n) is 13.7. The van der Waals surface area contributed by atoms with E-state index in [0.29, 0.717) is 17.9 Å². The molecule has 128 valence electrons. The van der Waals surface area contributed by atoms with Crippen molar-refractivity contribution in [3.05, 3.63) is 29.8 Å². The van der Waals surface area contributed by atoms with Gasteiger partial charge < -0.3 is 15.0 Å². The average molecular weight is 348 g/mol. The van der Waals surface area contributed by atoms with Crippen molar-refractivity contribution in [1.82, 2.24) is 4.90 Å². The number of nitrogens with one attached hydrogen (secondary N) is 1. The molecule has 24 heavy (non-hydrogen) atoms. The number of nitrogens with zero attached hydrogens (tertiary/aromatic N) is 1. The van der Waals surface area contributed by atoms with Crippen LogP contribution in [-0.2, 0) is 19.1 Å². The molecular weight excluding hydrogens is 328 g/mol. The number of esters is 1. The van der Waals surface area contributed by atoms with Gasteiger partial charge in [-0.25, -0.2) is 4.79 Å². The fourth-order valence-electron chi connectivity index (χ4n) is 3.06. The maximum Gasteiger partial charge on any atom is 0.330 e. The average Bonchev–Trinajstić information content (AvgIpc) is 3.04. The molecule has 0 radical (unpaired) electrons. The predicted molar refractivity (Wildman–Crippen MR) is 91.5 cm³/mol. The molecule has 2 heterocycles. The first-order chi connectivity index (χ1) is 11.4. The van der Waals surface area contributed by atoms with Crippen LogP contribution in [0.15, 0.2) is 24.3 Å². The second-order valence-electron chi connectivity index (χ2n) is 6.29. The minimum absolute atomic E-state index is 0.0199. The van der Waals surface area contributed by atoms with Gasteiger partial charge in [0.05, 0.1) is 4.87 Å². The second-order valence-corrected chi connectivity index (χ2v) is 7.79. The van der Waals surface area contributed by atoms with Gasteiger partial charge in [0.25, 0.3) is 5.91 Å². The standard InChI is InChI=1S/C17H20N2O4S/c1-11-3-5-12(6-4-11)18-14(20)9-23-16(22)13-10-24-17(2)8-7-15(21)19(13)17/h3-6,13H,7-10H2,1-2H3,(H,18,20)/t13-,17-/m1/s1. The fraction of sp³-hybridized carbons (Fsp3) is 0.471. The number of hydrogen-bond donors (Lipinski definition) is 1. The van der Waals surface area contributed by atoms with E-state index in [4.69, 9.17) is 4.74 Å². The van der Waals surface area contributed by atoms with Crippen LogP contribution in [0.2, 0.25) is 0 Å². The van der Waals surface area contributed by atoms with Gasteiger partial charge in [-0.3, -0.25) is 9.59 Å². The zero-order chi connectivity index (χ0) is 17.3. The number of ether oxygens (including phenoxy) is 1. The number of hydrogen-bond acceptors (Lipinski definition) is 5. The Morgan fingerprint density at radius 3 is 2.79 bits per heavy atom. The number of aryl methyl sites for hydroxylation is 1. The Balaban J connectivity index is 1.53. The van der Waals surface area contributed by atoms with Crippen molar-refractivity contribution < 1.29 is 19.1 Å². The van der Waals surface area contributed by atoms with Crippen LogP contribution in [0, 0.1) is 6.92 Å². The first-order valence-corrected chi connectivity index (χ1v) is 8.87. The zero-order valence-corrected chi connectivity index (χ0v) is 14.5. The van der Waals surface area contributed by atoms with Crippen molar-refractivity contribution in [2.75, 3.05) is 17.7 Å². The van der Waals surface area contributed by atoms with E-state index in [0.717, 1.165) is 12.0 Å². The molecule has 0 spiro atoms. The van der Waals surface area contributed by atoms with Crippen molar-refractivity contribution >= 4 is 35.2 Å². The Kier molecular flexibility index (Phi) is 4.54. The topological polar surface area (TPSA) is 75.7 Å². The maximum atomic E-state index is 12.3. The highest BCUT2D eigenvalue weighted by molar-refractivity contribution is 8.01. The third-order valence-electron chi connectivity index (χ3n) is 4.40. The van der Waals surface area contributed by atoms with Crippen LogP contribution in [0.1, 0.15) is 25.3 Å². The lowest BCUT2D eigenvalue weighted by molar-refractivity contribution is -0.155.